The fourth-order valence-corrected chi connectivity index (χ4v) is 4.59. The third-order valence-electron chi connectivity index (χ3n) is 6.57. The fourth-order valence-electron chi connectivity index (χ4n) is 4.59. The molecule has 1 aliphatic rings. The molecule has 0 aliphatic carbocycles. The molecule has 0 saturated heterocycles. The van der Waals surface area contributed by atoms with Crippen LogP contribution >= 0.6 is 0 Å². The monoisotopic (exact) mass is 505 g/mol. The predicted molar refractivity (Wildman–Crippen MR) is 140 cm³/mol. The first-order valence-electron chi connectivity index (χ1n) is 12.8. The van der Waals surface area contributed by atoms with E-state index in [4.69, 9.17) is 9.47 Å². The number of hydrogen-bond acceptors (Lipinski definition) is 6. The molecule has 1 aliphatic heterocycles. The van der Waals surface area contributed by atoms with E-state index >= 15 is 0 Å². The van der Waals surface area contributed by atoms with Crippen LogP contribution < -0.4 is 4.74 Å². The van der Waals surface area contributed by atoms with Crippen LogP contribution in [0.25, 0.3) is 0 Å². The van der Waals surface area contributed by atoms with E-state index in [0.29, 0.717) is 49.7 Å². The maximum absolute atomic E-state index is 13.6. The van der Waals surface area contributed by atoms with Gasteiger partial charge in [-0.1, -0.05) is 47.7 Å². The predicted octanol–water partition coefficient (Wildman–Crippen LogP) is 3.22. The maximum Gasteiger partial charge on any atom is 0.276 e. The summed E-state index contributed by atoms with van der Waals surface area (Å²) in [6, 6.07) is 17.1. The highest BCUT2D eigenvalue weighted by molar-refractivity contribution is 5.97. The first-order valence-corrected chi connectivity index (χ1v) is 12.8. The lowest BCUT2D eigenvalue weighted by molar-refractivity contribution is 0.0599. The van der Waals surface area contributed by atoms with Gasteiger partial charge in [0.2, 0.25) is 0 Å². The molecule has 0 unspecified atom stereocenters. The number of aromatic nitrogens is 3. The standard InChI is InChI=1S/C28H35N5O4/c1-31-20-25(29-30-31)28(35)33-16-10-4-9-15-32(17-18-36-2)27(34)24-13-7-8-14-26(24)37-21-23(33)19-22-11-5-3-6-12-22/h3,5-8,11-14,20,23H,4,9-10,15-19,21H2,1-2H3/t23-/m0/s1. The van der Waals surface area contributed by atoms with Gasteiger partial charge in [-0.3, -0.25) is 14.3 Å². The van der Waals surface area contributed by atoms with Gasteiger partial charge in [0.05, 0.1) is 24.4 Å². The normalized spacial score (nSPS) is 17.2. The number of ether oxygens (including phenoxy) is 2. The van der Waals surface area contributed by atoms with Gasteiger partial charge in [0.25, 0.3) is 11.8 Å². The molecular weight excluding hydrogens is 470 g/mol. The van der Waals surface area contributed by atoms with Crippen molar-refractivity contribution in [2.45, 2.75) is 31.7 Å². The Morgan fingerprint density at radius 1 is 1.05 bits per heavy atom. The fraction of sp³-hybridized carbons (Fsp3) is 0.429. The van der Waals surface area contributed by atoms with E-state index in [0.717, 1.165) is 24.8 Å². The summed E-state index contributed by atoms with van der Waals surface area (Å²) in [5.74, 6) is 0.275. The quantitative estimate of drug-likeness (QED) is 0.511. The molecule has 2 amide bonds. The minimum atomic E-state index is -0.259. The molecule has 9 heteroatoms. The van der Waals surface area contributed by atoms with Gasteiger partial charge in [-0.05, 0) is 43.4 Å². The summed E-state index contributed by atoms with van der Waals surface area (Å²) in [4.78, 5) is 30.8. The average molecular weight is 506 g/mol. The highest BCUT2D eigenvalue weighted by Crippen LogP contribution is 2.23. The Hall–Kier alpha value is -3.72. The summed E-state index contributed by atoms with van der Waals surface area (Å²) >= 11 is 0. The third kappa shape index (κ3) is 6.95. The molecule has 2 aromatic carbocycles. The molecule has 0 radical (unpaired) electrons. The molecule has 3 aromatic rings. The molecule has 196 valence electrons. The molecular formula is C28H35N5O4. The van der Waals surface area contributed by atoms with Crippen LogP contribution in [0.5, 0.6) is 5.75 Å². The molecule has 0 bridgehead atoms. The number of para-hydroxylation sites is 1. The van der Waals surface area contributed by atoms with Crippen molar-refractivity contribution in [1.29, 1.82) is 0 Å². The van der Waals surface area contributed by atoms with Crippen LogP contribution in [0.4, 0.5) is 0 Å². The van der Waals surface area contributed by atoms with Crippen LogP contribution in [0.15, 0.2) is 60.8 Å². The molecule has 37 heavy (non-hydrogen) atoms. The Balaban J connectivity index is 1.66. The SMILES string of the molecule is COCCN1CCCCCN(C(=O)c2cn(C)nn2)[C@@H](Cc2ccccc2)COc2ccccc2C1=O. The lowest BCUT2D eigenvalue weighted by atomic mass is 10.0. The van der Waals surface area contributed by atoms with Crippen molar-refractivity contribution in [3.8, 4) is 5.75 Å². The van der Waals surface area contributed by atoms with Gasteiger partial charge >= 0.3 is 0 Å². The number of fused-ring (bicyclic) bond motifs is 1. The smallest absolute Gasteiger partial charge is 0.276 e. The molecule has 9 nitrogen and oxygen atoms in total. The number of benzene rings is 2. The molecule has 1 atom stereocenters. The maximum atomic E-state index is 13.6. The van der Waals surface area contributed by atoms with E-state index in [1.54, 1.807) is 26.4 Å². The highest BCUT2D eigenvalue weighted by atomic mass is 16.5. The first kappa shape index (κ1) is 26.3. The Morgan fingerprint density at radius 3 is 2.57 bits per heavy atom. The number of aryl methyl sites for hydroxylation is 1. The van der Waals surface area contributed by atoms with Gasteiger partial charge in [-0.25, -0.2) is 0 Å². The van der Waals surface area contributed by atoms with Crippen LogP contribution in [-0.4, -0.2) is 82.6 Å². The zero-order chi connectivity index (χ0) is 26.0. The second-order valence-corrected chi connectivity index (χ2v) is 9.27. The summed E-state index contributed by atoms with van der Waals surface area (Å²) in [7, 11) is 3.38. The van der Waals surface area contributed by atoms with E-state index in [1.807, 2.05) is 46.2 Å². The van der Waals surface area contributed by atoms with E-state index in [2.05, 4.69) is 22.4 Å². The molecule has 1 aromatic heterocycles. The van der Waals surface area contributed by atoms with Gasteiger partial charge < -0.3 is 19.3 Å². The van der Waals surface area contributed by atoms with Crippen molar-refractivity contribution < 1.29 is 19.1 Å². The number of methoxy groups -OCH3 is 1. The Morgan fingerprint density at radius 2 is 1.81 bits per heavy atom. The molecule has 2 heterocycles. The molecule has 4 rings (SSSR count). The van der Waals surface area contributed by atoms with Crippen molar-refractivity contribution in [2.75, 3.05) is 40.0 Å². The molecule has 0 spiro atoms. The van der Waals surface area contributed by atoms with Crippen LogP contribution in [-0.2, 0) is 18.2 Å². The zero-order valence-electron chi connectivity index (χ0n) is 21.6. The summed E-state index contributed by atoms with van der Waals surface area (Å²) in [6.45, 7) is 2.39. The summed E-state index contributed by atoms with van der Waals surface area (Å²) in [6.07, 6.45) is 4.77. The average Bonchev–Trinajstić information content (AvgIpc) is 3.36. The molecule has 0 fully saturated rings. The summed E-state index contributed by atoms with van der Waals surface area (Å²) < 4.78 is 13.1. The number of carbonyl (C=O) groups excluding carboxylic acids is 2. The van der Waals surface area contributed by atoms with Gasteiger partial charge in [0.15, 0.2) is 5.69 Å². The van der Waals surface area contributed by atoms with Crippen LogP contribution in [0, 0.1) is 0 Å². The Kier molecular flexibility index (Phi) is 9.26. The van der Waals surface area contributed by atoms with E-state index in [-0.39, 0.29) is 24.5 Å². The Bertz CT molecular complexity index is 1170. The van der Waals surface area contributed by atoms with Crippen molar-refractivity contribution in [1.82, 2.24) is 24.8 Å². The highest BCUT2D eigenvalue weighted by Gasteiger charge is 2.29. The van der Waals surface area contributed by atoms with Gasteiger partial charge in [-0.15, -0.1) is 5.10 Å². The third-order valence-corrected chi connectivity index (χ3v) is 6.57. The van der Waals surface area contributed by atoms with E-state index in [1.165, 1.54) is 4.68 Å². The summed E-state index contributed by atoms with van der Waals surface area (Å²) in [5.41, 5.74) is 1.93. The lowest BCUT2D eigenvalue weighted by Gasteiger charge is -2.31. The van der Waals surface area contributed by atoms with E-state index in [9.17, 15) is 9.59 Å². The van der Waals surface area contributed by atoms with Crippen molar-refractivity contribution in [3.05, 3.63) is 77.6 Å². The van der Waals surface area contributed by atoms with Gasteiger partial charge in [0, 0.05) is 33.8 Å². The van der Waals surface area contributed by atoms with Gasteiger partial charge in [0.1, 0.15) is 12.4 Å². The van der Waals surface area contributed by atoms with Crippen molar-refractivity contribution in [2.24, 2.45) is 7.05 Å². The van der Waals surface area contributed by atoms with Crippen LogP contribution in [0.3, 0.4) is 0 Å². The number of nitrogens with zero attached hydrogens (tertiary/aromatic N) is 5. The molecule has 0 saturated carbocycles. The Labute approximate surface area is 218 Å². The summed E-state index contributed by atoms with van der Waals surface area (Å²) in [5, 5.41) is 8.04. The second-order valence-electron chi connectivity index (χ2n) is 9.27. The van der Waals surface area contributed by atoms with Crippen molar-refractivity contribution >= 4 is 11.8 Å². The minimum Gasteiger partial charge on any atom is -0.491 e. The minimum absolute atomic E-state index is 0.0704. The lowest BCUT2D eigenvalue weighted by Crippen LogP contribution is -2.45. The topological polar surface area (TPSA) is 89.8 Å². The van der Waals surface area contributed by atoms with Crippen LogP contribution in [0.2, 0.25) is 0 Å². The second kappa shape index (κ2) is 13.0. The number of carbonyl (C=O) groups is 2. The van der Waals surface area contributed by atoms with E-state index < -0.39 is 0 Å². The van der Waals surface area contributed by atoms with Gasteiger partial charge in [-0.2, -0.15) is 0 Å². The number of amides is 2. The number of rotatable bonds is 6. The largest absolute Gasteiger partial charge is 0.491 e. The van der Waals surface area contributed by atoms with Crippen LogP contribution in [0.1, 0.15) is 45.7 Å². The first-order chi connectivity index (χ1) is 18.1. The number of hydrogen-bond donors (Lipinski definition) is 0. The van der Waals surface area contributed by atoms with Crippen molar-refractivity contribution in [3.63, 3.8) is 0 Å². The zero-order valence-corrected chi connectivity index (χ0v) is 21.6. The molecule has 0 N–H and O–H groups in total.